The maximum absolute atomic E-state index is 12.7. The van der Waals surface area contributed by atoms with Gasteiger partial charge in [0, 0.05) is 37.9 Å². The van der Waals surface area contributed by atoms with E-state index < -0.39 is 0 Å². The van der Waals surface area contributed by atoms with Crippen molar-refractivity contribution in [3.8, 4) is 0 Å². The van der Waals surface area contributed by atoms with Crippen molar-refractivity contribution in [2.45, 2.75) is 39.7 Å². The molecule has 1 saturated heterocycles. The number of urea groups is 1. The predicted molar refractivity (Wildman–Crippen MR) is 106 cm³/mol. The van der Waals surface area contributed by atoms with Crippen LogP contribution in [0.5, 0.6) is 0 Å². The Bertz CT molecular complexity index is 727. The molecule has 1 unspecified atom stereocenters. The number of anilines is 2. The zero-order valence-corrected chi connectivity index (χ0v) is 16.0. The van der Waals surface area contributed by atoms with Crippen LogP contribution in [0.1, 0.15) is 38.4 Å². The van der Waals surface area contributed by atoms with Crippen LogP contribution in [0.2, 0.25) is 0 Å². The molecule has 1 atom stereocenters. The van der Waals surface area contributed by atoms with Gasteiger partial charge in [0.15, 0.2) is 0 Å². The van der Waals surface area contributed by atoms with Crippen molar-refractivity contribution in [3.05, 3.63) is 42.2 Å². The molecule has 2 heterocycles. The number of benzene rings is 1. The van der Waals surface area contributed by atoms with Crippen LogP contribution in [0.15, 0.2) is 36.5 Å². The lowest BCUT2D eigenvalue weighted by Crippen LogP contribution is -2.38. The van der Waals surface area contributed by atoms with Crippen LogP contribution < -0.4 is 10.2 Å². The van der Waals surface area contributed by atoms with E-state index in [0.717, 1.165) is 50.4 Å². The number of nitrogens with zero attached hydrogens (tertiary/aromatic N) is 4. The molecule has 0 bridgehead atoms. The molecule has 0 spiro atoms. The highest BCUT2D eigenvalue weighted by atomic mass is 16.2. The van der Waals surface area contributed by atoms with E-state index in [9.17, 15) is 4.79 Å². The van der Waals surface area contributed by atoms with Crippen LogP contribution in [-0.4, -0.2) is 46.9 Å². The first-order valence-corrected chi connectivity index (χ1v) is 9.50. The second-order valence-electron chi connectivity index (χ2n) is 6.94. The van der Waals surface area contributed by atoms with Crippen molar-refractivity contribution in [2.24, 2.45) is 0 Å². The molecule has 1 aliphatic heterocycles. The van der Waals surface area contributed by atoms with Crippen molar-refractivity contribution in [3.63, 3.8) is 0 Å². The standard InChI is InChI=1S/C20H29N5O/c1-4-16(2)25-17(3)19(15-21-25)22-20(26)24-12-8-11-23(13-14-24)18-9-6-5-7-10-18/h5-7,9-10,15-16H,4,8,11-14H2,1-3H3,(H,22,26). The molecule has 0 saturated carbocycles. The van der Waals surface area contributed by atoms with Gasteiger partial charge in [-0.25, -0.2) is 4.79 Å². The minimum atomic E-state index is -0.0355. The van der Waals surface area contributed by atoms with Gasteiger partial charge in [-0.3, -0.25) is 4.68 Å². The molecule has 1 aromatic heterocycles. The lowest BCUT2D eigenvalue weighted by Gasteiger charge is -2.23. The van der Waals surface area contributed by atoms with Gasteiger partial charge in [0.1, 0.15) is 0 Å². The molecule has 6 heteroatoms. The molecule has 140 valence electrons. The van der Waals surface area contributed by atoms with Gasteiger partial charge in [-0.2, -0.15) is 5.10 Å². The first-order chi connectivity index (χ1) is 12.6. The molecular formula is C20H29N5O. The second-order valence-corrected chi connectivity index (χ2v) is 6.94. The number of aromatic nitrogens is 2. The summed E-state index contributed by atoms with van der Waals surface area (Å²) in [6.07, 6.45) is 3.73. The number of nitrogens with one attached hydrogen (secondary N) is 1. The average Bonchev–Trinajstić information content (AvgIpc) is 2.88. The second kappa shape index (κ2) is 8.25. The van der Waals surface area contributed by atoms with Gasteiger partial charge in [0.05, 0.1) is 17.6 Å². The minimum Gasteiger partial charge on any atom is -0.370 e. The van der Waals surface area contributed by atoms with Crippen molar-refractivity contribution < 1.29 is 4.79 Å². The number of carbonyl (C=O) groups is 1. The first-order valence-electron chi connectivity index (χ1n) is 9.50. The van der Waals surface area contributed by atoms with E-state index in [2.05, 4.69) is 53.4 Å². The van der Waals surface area contributed by atoms with Crippen molar-refractivity contribution in [1.82, 2.24) is 14.7 Å². The highest BCUT2D eigenvalue weighted by Crippen LogP contribution is 2.21. The van der Waals surface area contributed by atoms with Crippen LogP contribution in [0.4, 0.5) is 16.2 Å². The Kier molecular flexibility index (Phi) is 5.81. The van der Waals surface area contributed by atoms with Crippen LogP contribution in [0.25, 0.3) is 0 Å². The van der Waals surface area contributed by atoms with Gasteiger partial charge in [0.25, 0.3) is 0 Å². The van der Waals surface area contributed by atoms with E-state index in [1.165, 1.54) is 5.69 Å². The molecule has 2 amide bonds. The molecule has 26 heavy (non-hydrogen) atoms. The third-order valence-electron chi connectivity index (χ3n) is 5.20. The van der Waals surface area contributed by atoms with Gasteiger partial charge >= 0.3 is 6.03 Å². The summed E-state index contributed by atoms with van der Waals surface area (Å²) in [5, 5.41) is 7.48. The first kappa shape index (κ1) is 18.3. The van der Waals surface area contributed by atoms with E-state index in [4.69, 9.17) is 0 Å². The molecule has 1 aromatic carbocycles. The quantitative estimate of drug-likeness (QED) is 0.905. The Hall–Kier alpha value is -2.50. The summed E-state index contributed by atoms with van der Waals surface area (Å²) in [6, 6.07) is 10.7. The Morgan fingerprint density at radius 1 is 1.19 bits per heavy atom. The molecule has 0 aliphatic carbocycles. The van der Waals surface area contributed by atoms with E-state index >= 15 is 0 Å². The Balaban J connectivity index is 1.61. The molecule has 1 N–H and O–H groups in total. The third-order valence-corrected chi connectivity index (χ3v) is 5.20. The zero-order valence-electron chi connectivity index (χ0n) is 16.0. The van der Waals surface area contributed by atoms with Crippen molar-refractivity contribution in [1.29, 1.82) is 0 Å². The third kappa shape index (κ3) is 4.00. The van der Waals surface area contributed by atoms with Crippen molar-refractivity contribution >= 4 is 17.4 Å². The molecule has 2 aromatic rings. The van der Waals surface area contributed by atoms with Gasteiger partial charge < -0.3 is 15.1 Å². The van der Waals surface area contributed by atoms with Crippen molar-refractivity contribution in [2.75, 3.05) is 36.4 Å². The van der Waals surface area contributed by atoms with Crippen LogP contribution in [0, 0.1) is 6.92 Å². The number of rotatable bonds is 4. The van der Waals surface area contributed by atoms with Gasteiger partial charge in [0.2, 0.25) is 0 Å². The molecular weight excluding hydrogens is 326 g/mol. The number of carbonyl (C=O) groups excluding carboxylic acids is 1. The SMILES string of the molecule is CCC(C)n1ncc(NC(=O)N2CCCN(c3ccccc3)CC2)c1C. The number of para-hydroxylation sites is 1. The lowest BCUT2D eigenvalue weighted by atomic mass is 10.2. The Labute approximate surface area is 155 Å². The van der Waals surface area contributed by atoms with E-state index in [1.54, 1.807) is 6.20 Å². The fourth-order valence-electron chi connectivity index (χ4n) is 3.38. The summed E-state index contributed by atoms with van der Waals surface area (Å²) >= 11 is 0. The summed E-state index contributed by atoms with van der Waals surface area (Å²) in [7, 11) is 0. The molecule has 1 fully saturated rings. The minimum absolute atomic E-state index is 0.0355. The smallest absolute Gasteiger partial charge is 0.322 e. The van der Waals surface area contributed by atoms with E-state index in [-0.39, 0.29) is 6.03 Å². The lowest BCUT2D eigenvalue weighted by molar-refractivity contribution is 0.215. The zero-order chi connectivity index (χ0) is 18.5. The summed E-state index contributed by atoms with van der Waals surface area (Å²) in [6.45, 7) is 9.60. The summed E-state index contributed by atoms with van der Waals surface area (Å²) in [5.41, 5.74) is 3.04. The average molecular weight is 355 g/mol. The maximum Gasteiger partial charge on any atom is 0.322 e. The molecule has 1 aliphatic rings. The highest BCUT2D eigenvalue weighted by Gasteiger charge is 2.21. The van der Waals surface area contributed by atoms with Crippen LogP contribution in [-0.2, 0) is 0 Å². The predicted octanol–water partition coefficient (Wildman–Crippen LogP) is 3.91. The normalized spacial score (nSPS) is 16.3. The fourth-order valence-corrected chi connectivity index (χ4v) is 3.38. The topological polar surface area (TPSA) is 53.4 Å². The van der Waals surface area contributed by atoms with E-state index in [1.807, 2.05) is 22.6 Å². The van der Waals surface area contributed by atoms with Crippen LogP contribution in [0.3, 0.4) is 0 Å². The Morgan fingerprint density at radius 2 is 1.96 bits per heavy atom. The summed E-state index contributed by atoms with van der Waals surface area (Å²) < 4.78 is 1.98. The van der Waals surface area contributed by atoms with E-state index in [0.29, 0.717) is 6.04 Å². The summed E-state index contributed by atoms with van der Waals surface area (Å²) in [5.74, 6) is 0. The number of hydrogen-bond donors (Lipinski definition) is 1. The van der Waals surface area contributed by atoms with Gasteiger partial charge in [-0.1, -0.05) is 25.1 Å². The summed E-state index contributed by atoms with van der Waals surface area (Å²) in [4.78, 5) is 17.0. The largest absolute Gasteiger partial charge is 0.370 e. The molecule has 3 rings (SSSR count). The fraction of sp³-hybridized carbons (Fsp3) is 0.500. The molecule has 0 radical (unpaired) electrons. The Morgan fingerprint density at radius 3 is 2.69 bits per heavy atom. The van der Waals surface area contributed by atoms with Gasteiger partial charge in [-0.05, 0) is 38.8 Å². The number of amides is 2. The monoisotopic (exact) mass is 355 g/mol. The highest BCUT2D eigenvalue weighted by molar-refractivity contribution is 5.89. The number of hydrogen-bond acceptors (Lipinski definition) is 3. The maximum atomic E-state index is 12.7. The van der Waals surface area contributed by atoms with Crippen LogP contribution >= 0.6 is 0 Å². The molecule has 6 nitrogen and oxygen atoms in total. The van der Waals surface area contributed by atoms with Gasteiger partial charge in [-0.15, -0.1) is 0 Å².